The zero-order valence-electron chi connectivity index (χ0n) is 8.11. The molecule has 1 aromatic carbocycles. The van der Waals surface area contributed by atoms with Crippen molar-refractivity contribution < 1.29 is 4.74 Å². The van der Waals surface area contributed by atoms with E-state index in [9.17, 15) is 0 Å². The second kappa shape index (κ2) is 4.71. The summed E-state index contributed by atoms with van der Waals surface area (Å²) in [5.41, 5.74) is 6.48. The topological polar surface area (TPSA) is 35.2 Å². The van der Waals surface area contributed by atoms with Crippen molar-refractivity contribution in [3.05, 3.63) is 24.3 Å². The molecule has 0 aliphatic heterocycles. The average Bonchev–Trinajstić information content (AvgIpc) is 2.96. The molecule has 2 nitrogen and oxygen atoms in total. The van der Waals surface area contributed by atoms with Crippen molar-refractivity contribution in [3.63, 3.8) is 0 Å². The van der Waals surface area contributed by atoms with E-state index in [1.54, 1.807) is 11.8 Å². The summed E-state index contributed by atoms with van der Waals surface area (Å²) in [4.78, 5) is 1.18. The summed E-state index contributed by atoms with van der Waals surface area (Å²) in [6.45, 7) is 0.926. The van der Waals surface area contributed by atoms with Crippen LogP contribution in [0, 0.1) is 5.92 Å². The largest absolute Gasteiger partial charge is 0.399 e. The standard InChI is InChI=1S/C11H15NOS/c12-10-2-1-3-11(6-10)14-8-13-7-9-4-5-9/h1-3,6,9H,4-5,7-8,12H2. The molecule has 0 aromatic heterocycles. The predicted molar refractivity (Wildman–Crippen MR) is 60.3 cm³/mol. The van der Waals surface area contributed by atoms with Crippen LogP contribution in [-0.2, 0) is 4.74 Å². The van der Waals surface area contributed by atoms with Crippen molar-refractivity contribution in [1.82, 2.24) is 0 Å². The highest BCUT2D eigenvalue weighted by Crippen LogP contribution is 2.29. The number of nitrogens with two attached hydrogens (primary N) is 1. The van der Waals surface area contributed by atoms with Crippen LogP contribution >= 0.6 is 11.8 Å². The molecule has 76 valence electrons. The number of rotatable bonds is 5. The fourth-order valence-corrected chi connectivity index (χ4v) is 1.92. The lowest BCUT2D eigenvalue weighted by Crippen LogP contribution is -1.95. The van der Waals surface area contributed by atoms with E-state index in [0.717, 1.165) is 24.2 Å². The van der Waals surface area contributed by atoms with Gasteiger partial charge in [-0.05, 0) is 37.0 Å². The van der Waals surface area contributed by atoms with Gasteiger partial charge in [-0.25, -0.2) is 0 Å². The molecule has 2 rings (SSSR count). The third kappa shape index (κ3) is 3.24. The fraction of sp³-hybridized carbons (Fsp3) is 0.455. The highest BCUT2D eigenvalue weighted by Gasteiger charge is 2.20. The second-order valence-electron chi connectivity index (χ2n) is 3.65. The molecule has 0 bridgehead atoms. The number of hydrogen-bond acceptors (Lipinski definition) is 3. The zero-order chi connectivity index (χ0) is 9.80. The van der Waals surface area contributed by atoms with Crippen LogP contribution in [0.25, 0.3) is 0 Å². The van der Waals surface area contributed by atoms with Crippen molar-refractivity contribution in [2.45, 2.75) is 17.7 Å². The molecule has 3 heteroatoms. The molecule has 0 heterocycles. The summed E-state index contributed by atoms with van der Waals surface area (Å²) in [6, 6.07) is 7.90. The van der Waals surface area contributed by atoms with Crippen LogP contribution in [0.3, 0.4) is 0 Å². The van der Waals surface area contributed by atoms with Gasteiger partial charge in [0.15, 0.2) is 0 Å². The molecule has 0 spiro atoms. The minimum absolute atomic E-state index is 0.736. The molecule has 14 heavy (non-hydrogen) atoms. The minimum Gasteiger partial charge on any atom is -0.399 e. The van der Waals surface area contributed by atoms with Crippen molar-refractivity contribution in [1.29, 1.82) is 0 Å². The smallest absolute Gasteiger partial charge is 0.0967 e. The van der Waals surface area contributed by atoms with Gasteiger partial charge in [-0.2, -0.15) is 0 Å². The van der Waals surface area contributed by atoms with Crippen LogP contribution in [-0.4, -0.2) is 12.5 Å². The van der Waals surface area contributed by atoms with Gasteiger partial charge in [0, 0.05) is 10.6 Å². The molecule has 1 fully saturated rings. The number of ether oxygens (including phenoxy) is 1. The van der Waals surface area contributed by atoms with Crippen LogP contribution in [0.4, 0.5) is 5.69 Å². The normalized spacial score (nSPS) is 15.7. The maximum absolute atomic E-state index is 5.67. The Morgan fingerprint density at radius 1 is 1.43 bits per heavy atom. The van der Waals surface area contributed by atoms with E-state index in [2.05, 4.69) is 6.07 Å². The first-order valence-corrected chi connectivity index (χ1v) is 5.89. The summed E-state index contributed by atoms with van der Waals surface area (Å²) < 4.78 is 5.52. The molecule has 1 aliphatic rings. The Balaban J connectivity index is 1.68. The Morgan fingerprint density at radius 2 is 2.29 bits per heavy atom. The number of benzene rings is 1. The van der Waals surface area contributed by atoms with Crippen LogP contribution in [0.1, 0.15) is 12.8 Å². The van der Waals surface area contributed by atoms with Crippen LogP contribution < -0.4 is 5.73 Å². The lowest BCUT2D eigenvalue weighted by atomic mass is 10.3. The molecule has 0 radical (unpaired) electrons. The lowest BCUT2D eigenvalue weighted by molar-refractivity contribution is 0.171. The number of anilines is 1. The monoisotopic (exact) mass is 209 g/mol. The van der Waals surface area contributed by atoms with E-state index in [-0.39, 0.29) is 0 Å². The van der Waals surface area contributed by atoms with Gasteiger partial charge in [-0.3, -0.25) is 0 Å². The first kappa shape index (κ1) is 9.87. The summed E-state index contributed by atoms with van der Waals surface area (Å²) in [5, 5.41) is 0. The highest BCUT2D eigenvalue weighted by atomic mass is 32.2. The van der Waals surface area contributed by atoms with E-state index < -0.39 is 0 Å². The summed E-state index contributed by atoms with van der Waals surface area (Å²) >= 11 is 1.70. The van der Waals surface area contributed by atoms with E-state index in [4.69, 9.17) is 10.5 Å². The van der Waals surface area contributed by atoms with E-state index in [1.165, 1.54) is 17.7 Å². The van der Waals surface area contributed by atoms with Gasteiger partial charge in [0.2, 0.25) is 0 Å². The van der Waals surface area contributed by atoms with Crippen LogP contribution in [0.2, 0.25) is 0 Å². The molecule has 1 saturated carbocycles. The van der Waals surface area contributed by atoms with Gasteiger partial charge in [-0.1, -0.05) is 17.8 Å². The molecule has 0 amide bonds. The van der Waals surface area contributed by atoms with Gasteiger partial charge in [0.25, 0.3) is 0 Å². The van der Waals surface area contributed by atoms with Crippen molar-refractivity contribution in [2.75, 3.05) is 18.3 Å². The molecule has 1 aromatic rings. The molecule has 0 atom stereocenters. The maximum atomic E-state index is 5.67. The molecular weight excluding hydrogens is 194 g/mol. The molecular formula is C11H15NOS. The van der Waals surface area contributed by atoms with Crippen LogP contribution in [0.5, 0.6) is 0 Å². The zero-order valence-corrected chi connectivity index (χ0v) is 8.93. The quantitative estimate of drug-likeness (QED) is 0.350. The van der Waals surface area contributed by atoms with Crippen molar-refractivity contribution in [2.24, 2.45) is 5.92 Å². The van der Waals surface area contributed by atoms with Crippen LogP contribution in [0.15, 0.2) is 29.2 Å². The third-order valence-corrected chi connectivity index (χ3v) is 3.09. The summed E-state index contributed by atoms with van der Waals surface area (Å²) in [7, 11) is 0. The van der Waals surface area contributed by atoms with E-state index in [0.29, 0.717) is 0 Å². The Bertz CT molecular complexity index is 299. The maximum Gasteiger partial charge on any atom is 0.0967 e. The Morgan fingerprint density at radius 3 is 3.00 bits per heavy atom. The van der Waals surface area contributed by atoms with Gasteiger partial charge in [-0.15, -0.1) is 0 Å². The van der Waals surface area contributed by atoms with Crippen molar-refractivity contribution >= 4 is 17.4 Å². The number of nitrogen functional groups attached to an aromatic ring is 1. The lowest BCUT2D eigenvalue weighted by Gasteiger charge is -2.03. The first-order chi connectivity index (χ1) is 6.84. The summed E-state index contributed by atoms with van der Waals surface area (Å²) in [6.07, 6.45) is 2.70. The molecule has 1 aliphatic carbocycles. The van der Waals surface area contributed by atoms with Gasteiger partial charge in [0.05, 0.1) is 12.5 Å². The van der Waals surface area contributed by atoms with E-state index >= 15 is 0 Å². The molecule has 0 unspecified atom stereocenters. The number of hydrogen-bond donors (Lipinski definition) is 1. The van der Waals surface area contributed by atoms with Crippen molar-refractivity contribution in [3.8, 4) is 0 Å². The Kier molecular flexibility index (Phi) is 3.32. The van der Waals surface area contributed by atoms with Gasteiger partial charge in [0.1, 0.15) is 0 Å². The van der Waals surface area contributed by atoms with E-state index in [1.807, 2.05) is 18.2 Å². The average molecular weight is 209 g/mol. The predicted octanol–water partition coefficient (Wildman–Crippen LogP) is 2.75. The molecule has 2 N–H and O–H groups in total. The number of thioether (sulfide) groups is 1. The SMILES string of the molecule is Nc1cccc(SCOCC2CC2)c1. The fourth-order valence-electron chi connectivity index (χ4n) is 1.21. The first-order valence-electron chi connectivity index (χ1n) is 4.90. The van der Waals surface area contributed by atoms with Gasteiger partial charge < -0.3 is 10.5 Å². The Hall–Kier alpha value is -0.670. The van der Waals surface area contributed by atoms with Gasteiger partial charge >= 0.3 is 0 Å². The summed E-state index contributed by atoms with van der Waals surface area (Å²) in [5.74, 6) is 1.58. The second-order valence-corrected chi connectivity index (χ2v) is 4.64. The third-order valence-electron chi connectivity index (χ3n) is 2.22. The minimum atomic E-state index is 0.736. The Labute approximate surface area is 88.8 Å². The highest BCUT2D eigenvalue weighted by molar-refractivity contribution is 7.99. The molecule has 0 saturated heterocycles.